The zero-order valence-corrected chi connectivity index (χ0v) is 22.6. The lowest BCUT2D eigenvalue weighted by Crippen LogP contribution is -2.34. The Morgan fingerprint density at radius 3 is 2.43 bits per heavy atom. The molecule has 3 aromatic carbocycles. The molecule has 2 amide bonds. The zero-order valence-electron chi connectivity index (χ0n) is 21.0. The molecule has 0 aliphatic rings. The van der Waals surface area contributed by atoms with Gasteiger partial charge in [-0.25, -0.2) is 22.9 Å². The van der Waals surface area contributed by atoms with Gasteiger partial charge in [-0.3, -0.25) is 0 Å². The van der Waals surface area contributed by atoms with E-state index in [-0.39, 0.29) is 4.90 Å². The van der Waals surface area contributed by atoms with E-state index in [1.165, 1.54) is 6.07 Å². The average molecular weight is 535 g/mol. The van der Waals surface area contributed by atoms with Crippen LogP contribution >= 0.6 is 11.8 Å². The van der Waals surface area contributed by atoms with Gasteiger partial charge in [-0.05, 0) is 42.5 Å². The molecule has 7 nitrogen and oxygen atoms in total. The van der Waals surface area contributed by atoms with E-state index in [0.717, 1.165) is 28.1 Å². The molecule has 2 N–H and O–H groups in total. The molecule has 0 saturated carbocycles. The van der Waals surface area contributed by atoms with Crippen LogP contribution in [0.4, 0.5) is 10.5 Å². The van der Waals surface area contributed by atoms with E-state index < -0.39 is 16.1 Å². The van der Waals surface area contributed by atoms with E-state index >= 15 is 0 Å². The molecule has 1 heterocycles. The Bertz CT molecular complexity index is 1460. The third-order valence-electron chi connectivity index (χ3n) is 5.92. The van der Waals surface area contributed by atoms with Crippen LogP contribution in [-0.4, -0.2) is 36.0 Å². The van der Waals surface area contributed by atoms with Crippen molar-refractivity contribution in [1.82, 2.24) is 14.3 Å². The molecule has 0 aliphatic carbocycles. The van der Waals surface area contributed by atoms with E-state index in [1.807, 2.05) is 49.6 Å². The summed E-state index contributed by atoms with van der Waals surface area (Å²) < 4.78 is 30.4. The number of aryl methyl sites for hydroxylation is 1. The van der Waals surface area contributed by atoms with Gasteiger partial charge < -0.3 is 9.88 Å². The number of sulfonamides is 1. The quantitative estimate of drug-likeness (QED) is 0.280. The Morgan fingerprint density at radius 2 is 1.73 bits per heavy atom. The maximum absolute atomic E-state index is 13.1. The normalized spacial score (nSPS) is 12.2. The summed E-state index contributed by atoms with van der Waals surface area (Å²) in [4.78, 5) is 17.0. The minimum absolute atomic E-state index is 0.0313. The standard InChI is InChI=1S/C28H30N4O3S2/c1-20-8-14-24(15-9-20)30-28(33)31-37(34,35)27-7-5-4-6-25(27)23-12-10-22(11-13-23)16-32-17-26(29-19-32)21(2)18-36-3/h4-15,17,19,21H,16,18H2,1-3H3,(H2,30,31,33). The van der Waals surface area contributed by atoms with Crippen molar-refractivity contribution in [3.05, 3.63) is 102 Å². The summed E-state index contributed by atoms with van der Waals surface area (Å²) in [6, 6.07) is 20.7. The molecular weight excluding hydrogens is 504 g/mol. The molecular formula is C28H30N4O3S2. The van der Waals surface area contributed by atoms with E-state index in [0.29, 0.717) is 23.7 Å². The number of thioether (sulfide) groups is 1. The highest BCUT2D eigenvalue weighted by Crippen LogP contribution is 2.28. The molecule has 192 valence electrons. The Labute approximate surface area is 222 Å². The highest BCUT2D eigenvalue weighted by molar-refractivity contribution is 7.98. The molecule has 0 radical (unpaired) electrons. The summed E-state index contributed by atoms with van der Waals surface area (Å²) in [6.45, 7) is 4.77. The second-order valence-electron chi connectivity index (χ2n) is 8.95. The number of rotatable bonds is 9. The predicted octanol–water partition coefficient (Wildman–Crippen LogP) is 5.88. The van der Waals surface area contributed by atoms with Crippen molar-refractivity contribution in [2.75, 3.05) is 17.3 Å². The Morgan fingerprint density at radius 1 is 1.03 bits per heavy atom. The number of aromatic nitrogens is 2. The molecule has 9 heteroatoms. The van der Waals surface area contributed by atoms with Crippen molar-refractivity contribution in [1.29, 1.82) is 0 Å². The fourth-order valence-corrected chi connectivity index (χ4v) is 5.77. The summed E-state index contributed by atoms with van der Waals surface area (Å²) >= 11 is 1.81. The van der Waals surface area contributed by atoms with Gasteiger partial charge in [-0.15, -0.1) is 0 Å². The van der Waals surface area contributed by atoms with Crippen molar-refractivity contribution in [3.63, 3.8) is 0 Å². The van der Waals surface area contributed by atoms with Crippen LogP contribution in [0.5, 0.6) is 0 Å². The van der Waals surface area contributed by atoms with Gasteiger partial charge in [0.15, 0.2) is 0 Å². The van der Waals surface area contributed by atoms with Crippen LogP contribution in [0.2, 0.25) is 0 Å². The first-order chi connectivity index (χ1) is 17.7. The second kappa shape index (κ2) is 11.7. The first kappa shape index (κ1) is 26.5. The highest BCUT2D eigenvalue weighted by Gasteiger charge is 2.22. The number of amides is 2. The minimum atomic E-state index is -4.11. The van der Waals surface area contributed by atoms with Crippen molar-refractivity contribution in [2.24, 2.45) is 0 Å². The van der Waals surface area contributed by atoms with E-state index in [4.69, 9.17) is 0 Å². The molecule has 0 saturated heterocycles. The number of imidazole rings is 1. The van der Waals surface area contributed by atoms with Gasteiger partial charge in [0.1, 0.15) is 0 Å². The van der Waals surface area contributed by atoms with Crippen LogP contribution in [0.25, 0.3) is 11.1 Å². The summed E-state index contributed by atoms with van der Waals surface area (Å²) in [5.74, 6) is 1.42. The predicted molar refractivity (Wildman–Crippen MR) is 151 cm³/mol. The number of hydrogen-bond donors (Lipinski definition) is 2. The fourth-order valence-electron chi connectivity index (χ4n) is 3.96. The van der Waals surface area contributed by atoms with E-state index in [9.17, 15) is 13.2 Å². The fraction of sp³-hybridized carbons (Fsp3) is 0.214. The monoisotopic (exact) mass is 534 g/mol. The SMILES string of the molecule is CSCC(C)c1cn(Cc2ccc(-c3ccccc3S(=O)(=O)NC(=O)Nc3ccc(C)cc3)cc2)cn1. The average Bonchev–Trinajstić information content (AvgIpc) is 3.34. The summed E-state index contributed by atoms with van der Waals surface area (Å²) in [5.41, 5.74) is 4.94. The molecule has 1 unspecified atom stereocenters. The Kier molecular flexibility index (Phi) is 8.35. The number of carbonyl (C=O) groups excluding carboxylic acids is 1. The number of carbonyl (C=O) groups is 1. The van der Waals surface area contributed by atoms with Gasteiger partial charge in [-0.2, -0.15) is 11.8 Å². The first-order valence-corrected chi connectivity index (χ1v) is 14.7. The van der Waals surface area contributed by atoms with Crippen molar-refractivity contribution in [2.45, 2.75) is 31.2 Å². The van der Waals surface area contributed by atoms with Crippen molar-refractivity contribution >= 4 is 33.5 Å². The molecule has 4 aromatic rings. The van der Waals surface area contributed by atoms with Gasteiger partial charge in [0.25, 0.3) is 10.0 Å². The maximum Gasteiger partial charge on any atom is 0.333 e. The van der Waals surface area contributed by atoms with Gasteiger partial charge in [-0.1, -0.05) is 67.1 Å². The Balaban J connectivity index is 1.48. The molecule has 37 heavy (non-hydrogen) atoms. The summed E-state index contributed by atoms with van der Waals surface area (Å²) in [6.07, 6.45) is 6.01. The summed E-state index contributed by atoms with van der Waals surface area (Å²) in [7, 11) is -4.11. The smallest absolute Gasteiger partial charge is 0.333 e. The molecule has 0 bridgehead atoms. The van der Waals surface area contributed by atoms with Gasteiger partial charge >= 0.3 is 6.03 Å². The van der Waals surface area contributed by atoms with Crippen LogP contribution < -0.4 is 10.0 Å². The minimum Gasteiger partial charge on any atom is -0.333 e. The topological polar surface area (TPSA) is 93.1 Å². The third kappa shape index (κ3) is 6.81. The lowest BCUT2D eigenvalue weighted by molar-refractivity contribution is 0.256. The van der Waals surface area contributed by atoms with Crippen molar-refractivity contribution in [3.8, 4) is 11.1 Å². The van der Waals surface area contributed by atoms with Gasteiger partial charge in [0, 0.05) is 35.7 Å². The summed E-state index contributed by atoms with van der Waals surface area (Å²) in [5, 5.41) is 2.56. The molecule has 4 rings (SSSR count). The van der Waals surface area contributed by atoms with Crippen LogP contribution in [0, 0.1) is 6.92 Å². The number of hydrogen-bond acceptors (Lipinski definition) is 5. The van der Waals surface area contributed by atoms with Crippen LogP contribution in [0.1, 0.15) is 29.7 Å². The van der Waals surface area contributed by atoms with Crippen molar-refractivity contribution < 1.29 is 13.2 Å². The van der Waals surface area contributed by atoms with Crippen LogP contribution in [-0.2, 0) is 16.6 Å². The first-order valence-electron chi connectivity index (χ1n) is 11.8. The molecule has 0 fully saturated rings. The number of nitrogens with one attached hydrogen (secondary N) is 2. The number of urea groups is 1. The Hall–Kier alpha value is -3.56. The third-order valence-corrected chi connectivity index (χ3v) is 8.14. The van der Waals surface area contributed by atoms with E-state index in [2.05, 4.69) is 39.0 Å². The second-order valence-corrected chi connectivity index (χ2v) is 11.5. The molecule has 0 aliphatic heterocycles. The molecule has 0 spiro atoms. The maximum atomic E-state index is 13.1. The number of nitrogens with zero attached hydrogens (tertiary/aromatic N) is 2. The van der Waals surface area contributed by atoms with E-state index in [1.54, 1.807) is 42.1 Å². The lowest BCUT2D eigenvalue weighted by Gasteiger charge is -2.13. The number of benzene rings is 3. The van der Waals surface area contributed by atoms with Gasteiger partial charge in [0.2, 0.25) is 0 Å². The highest BCUT2D eigenvalue weighted by atomic mass is 32.2. The molecule has 1 aromatic heterocycles. The van der Waals surface area contributed by atoms with Crippen LogP contribution in [0.3, 0.4) is 0 Å². The molecule has 1 atom stereocenters. The van der Waals surface area contributed by atoms with Crippen LogP contribution in [0.15, 0.2) is 90.2 Å². The number of anilines is 1. The lowest BCUT2D eigenvalue weighted by atomic mass is 10.0. The van der Waals surface area contributed by atoms with Gasteiger partial charge in [0.05, 0.1) is 16.9 Å². The zero-order chi connectivity index (χ0) is 26.4. The largest absolute Gasteiger partial charge is 0.333 e.